The second kappa shape index (κ2) is 8.57. The number of nitrogens with zero attached hydrogens (tertiary/aromatic N) is 1. The van der Waals surface area contributed by atoms with Crippen molar-refractivity contribution in [3.63, 3.8) is 0 Å². The molecule has 0 radical (unpaired) electrons. The molecule has 4 rings (SSSR count). The van der Waals surface area contributed by atoms with E-state index in [-0.39, 0.29) is 12.4 Å². The largest absolute Gasteiger partial charge is 0.455 e. The molecule has 148 valence electrons. The Labute approximate surface area is 174 Å². The minimum atomic E-state index is -0.489. The first kappa shape index (κ1) is 19.3. The molecule has 0 aliphatic carbocycles. The van der Waals surface area contributed by atoms with Gasteiger partial charge in [-0.05, 0) is 31.2 Å². The topological polar surface area (TPSA) is 69.4 Å². The highest BCUT2D eigenvalue weighted by atomic mass is 16.5. The van der Waals surface area contributed by atoms with Gasteiger partial charge in [0.25, 0.3) is 0 Å². The van der Waals surface area contributed by atoms with Gasteiger partial charge in [-0.3, -0.25) is 4.79 Å². The van der Waals surface area contributed by atoms with Crippen molar-refractivity contribution in [3.8, 4) is 11.5 Å². The number of carbonyl (C=O) groups is 2. The number of ketones is 1. The lowest BCUT2D eigenvalue weighted by Crippen LogP contribution is -2.07. The summed E-state index contributed by atoms with van der Waals surface area (Å²) in [6.45, 7) is 1.79. The number of benzene rings is 3. The second-order valence-electron chi connectivity index (χ2n) is 6.74. The lowest BCUT2D eigenvalue weighted by molar-refractivity contribution is 0.0466. The summed E-state index contributed by atoms with van der Waals surface area (Å²) in [5, 5.41) is 0. The summed E-state index contributed by atoms with van der Waals surface area (Å²) in [7, 11) is 0. The normalized spacial score (nSPS) is 10.6. The van der Waals surface area contributed by atoms with E-state index < -0.39 is 5.97 Å². The molecule has 0 aliphatic heterocycles. The average molecular weight is 397 g/mol. The van der Waals surface area contributed by atoms with Gasteiger partial charge in [0.2, 0.25) is 5.89 Å². The molecule has 0 spiro atoms. The van der Waals surface area contributed by atoms with E-state index in [4.69, 9.17) is 9.15 Å². The van der Waals surface area contributed by atoms with Gasteiger partial charge in [-0.25, -0.2) is 9.78 Å². The lowest BCUT2D eigenvalue weighted by Gasteiger charge is -2.05. The first-order valence-corrected chi connectivity index (χ1v) is 9.50. The van der Waals surface area contributed by atoms with Crippen LogP contribution >= 0.6 is 0 Å². The van der Waals surface area contributed by atoms with Crippen LogP contribution in [0.3, 0.4) is 0 Å². The third-order valence-corrected chi connectivity index (χ3v) is 4.67. The number of ether oxygens (including phenoxy) is 1. The summed E-state index contributed by atoms with van der Waals surface area (Å²) >= 11 is 0. The van der Waals surface area contributed by atoms with E-state index >= 15 is 0 Å². The maximum atomic E-state index is 12.5. The number of aromatic nitrogens is 1. The lowest BCUT2D eigenvalue weighted by atomic mass is 10.0. The fraction of sp³-hybridized carbons (Fsp3) is 0.0800. The molecular weight excluding hydrogens is 378 g/mol. The molecule has 0 unspecified atom stereocenters. The van der Waals surface area contributed by atoms with E-state index in [1.165, 1.54) is 0 Å². The van der Waals surface area contributed by atoms with Gasteiger partial charge >= 0.3 is 5.97 Å². The Kier molecular flexibility index (Phi) is 5.52. The van der Waals surface area contributed by atoms with Crippen molar-refractivity contribution in [2.75, 3.05) is 0 Å². The summed E-state index contributed by atoms with van der Waals surface area (Å²) in [5.74, 6) is 0.507. The van der Waals surface area contributed by atoms with Gasteiger partial charge < -0.3 is 9.15 Å². The first-order valence-electron chi connectivity index (χ1n) is 9.50. The van der Waals surface area contributed by atoms with Crippen molar-refractivity contribution in [2.45, 2.75) is 13.5 Å². The molecule has 5 nitrogen and oxygen atoms in total. The van der Waals surface area contributed by atoms with Crippen molar-refractivity contribution in [1.82, 2.24) is 4.98 Å². The smallest absolute Gasteiger partial charge is 0.338 e. The highest BCUT2D eigenvalue weighted by Gasteiger charge is 2.15. The quantitative estimate of drug-likeness (QED) is 0.329. The number of rotatable bonds is 6. The highest BCUT2D eigenvalue weighted by Crippen LogP contribution is 2.22. The first-order chi connectivity index (χ1) is 14.6. The maximum Gasteiger partial charge on any atom is 0.338 e. The molecule has 30 heavy (non-hydrogen) atoms. The second-order valence-corrected chi connectivity index (χ2v) is 6.74. The molecule has 4 aromatic rings. The van der Waals surface area contributed by atoms with Crippen LogP contribution in [0.15, 0.2) is 89.3 Å². The van der Waals surface area contributed by atoms with E-state index in [1.54, 1.807) is 43.3 Å². The van der Waals surface area contributed by atoms with Gasteiger partial charge in [-0.15, -0.1) is 0 Å². The van der Waals surface area contributed by atoms with Crippen LogP contribution in [-0.2, 0) is 11.3 Å². The minimum absolute atomic E-state index is 0.00565. The zero-order valence-corrected chi connectivity index (χ0v) is 16.4. The maximum absolute atomic E-state index is 12.5. The third-order valence-electron chi connectivity index (χ3n) is 4.67. The molecule has 0 saturated carbocycles. The van der Waals surface area contributed by atoms with Crippen LogP contribution in [0.25, 0.3) is 11.5 Å². The molecule has 0 fully saturated rings. The molecule has 1 aromatic heterocycles. The molecule has 1 heterocycles. The van der Waals surface area contributed by atoms with Gasteiger partial charge in [0.1, 0.15) is 18.1 Å². The number of esters is 1. The monoisotopic (exact) mass is 397 g/mol. The zero-order chi connectivity index (χ0) is 20.9. The number of hydrogen-bond acceptors (Lipinski definition) is 5. The number of carbonyl (C=O) groups excluding carboxylic acids is 2. The van der Waals surface area contributed by atoms with E-state index in [2.05, 4.69) is 4.98 Å². The zero-order valence-electron chi connectivity index (χ0n) is 16.4. The van der Waals surface area contributed by atoms with Crippen LogP contribution in [-0.4, -0.2) is 16.7 Å². The number of oxazole rings is 1. The van der Waals surface area contributed by atoms with Crippen molar-refractivity contribution in [3.05, 3.63) is 113 Å². The average Bonchev–Trinajstić information content (AvgIpc) is 3.19. The fourth-order valence-corrected chi connectivity index (χ4v) is 3.00. The van der Waals surface area contributed by atoms with Crippen molar-refractivity contribution < 1.29 is 18.7 Å². The molecule has 0 N–H and O–H groups in total. The summed E-state index contributed by atoms with van der Waals surface area (Å²) in [6, 6.07) is 25.0. The van der Waals surface area contributed by atoms with Gasteiger partial charge in [0.15, 0.2) is 5.78 Å². The molecule has 0 amide bonds. The van der Waals surface area contributed by atoms with Gasteiger partial charge in [0.05, 0.1) is 5.56 Å². The SMILES string of the molecule is Cc1oc(-c2ccccc2)nc1COC(=O)c1ccc(C(=O)c2ccccc2)cc1. The van der Waals surface area contributed by atoms with Gasteiger partial charge in [0, 0.05) is 16.7 Å². The van der Waals surface area contributed by atoms with E-state index in [0.717, 1.165) is 5.56 Å². The molecular formula is C25H19NO4. The molecule has 3 aromatic carbocycles. The van der Waals surface area contributed by atoms with Crippen LogP contribution in [0.4, 0.5) is 0 Å². The van der Waals surface area contributed by atoms with Crippen molar-refractivity contribution in [1.29, 1.82) is 0 Å². The minimum Gasteiger partial charge on any atom is -0.455 e. The van der Waals surface area contributed by atoms with Crippen LogP contribution in [0, 0.1) is 6.92 Å². The third kappa shape index (κ3) is 4.20. The molecule has 5 heteroatoms. The van der Waals surface area contributed by atoms with Crippen LogP contribution in [0.2, 0.25) is 0 Å². The summed E-state index contributed by atoms with van der Waals surface area (Å²) in [4.78, 5) is 29.3. The fourth-order valence-electron chi connectivity index (χ4n) is 3.00. The summed E-state index contributed by atoms with van der Waals surface area (Å²) in [5.41, 5.74) is 2.90. The van der Waals surface area contributed by atoms with Gasteiger partial charge in [-0.1, -0.05) is 60.7 Å². The molecule has 0 saturated heterocycles. The Morgan fingerprint density at radius 3 is 2.03 bits per heavy atom. The molecule has 0 atom stereocenters. The number of hydrogen-bond donors (Lipinski definition) is 0. The standard InChI is InChI=1S/C25H19NO4/c1-17-22(26-24(30-17)20-10-6-3-7-11-20)16-29-25(28)21-14-12-19(13-15-21)23(27)18-8-4-2-5-9-18/h2-15H,16H2,1H3. The van der Waals surface area contributed by atoms with E-state index in [1.807, 2.05) is 48.5 Å². The van der Waals surface area contributed by atoms with Crippen molar-refractivity contribution >= 4 is 11.8 Å². The molecule has 0 bridgehead atoms. The number of aryl methyl sites for hydroxylation is 1. The predicted octanol–water partition coefficient (Wildman–Crippen LogP) is 5.24. The Morgan fingerprint density at radius 2 is 1.37 bits per heavy atom. The Balaban J connectivity index is 1.41. The van der Waals surface area contributed by atoms with Crippen LogP contribution in [0.5, 0.6) is 0 Å². The van der Waals surface area contributed by atoms with Crippen molar-refractivity contribution in [2.24, 2.45) is 0 Å². The summed E-state index contributed by atoms with van der Waals surface area (Å²) < 4.78 is 11.1. The summed E-state index contributed by atoms with van der Waals surface area (Å²) in [6.07, 6.45) is 0. The Hall–Kier alpha value is -3.99. The van der Waals surface area contributed by atoms with Crippen LogP contribution in [0.1, 0.15) is 37.7 Å². The highest BCUT2D eigenvalue weighted by molar-refractivity contribution is 6.09. The Morgan fingerprint density at radius 1 is 0.800 bits per heavy atom. The molecule has 0 aliphatic rings. The van der Waals surface area contributed by atoms with E-state index in [0.29, 0.717) is 34.0 Å². The van der Waals surface area contributed by atoms with Crippen LogP contribution < -0.4 is 0 Å². The predicted molar refractivity (Wildman–Crippen MR) is 112 cm³/mol. The Bertz CT molecular complexity index is 1160. The van der Waals surface area contributed by atoms with Gasteiger partial charge in [-0.2, -0.15) is 0 Å². The van der Waals surface area contributed by atoms with E-state index in [9.17, 15) is 9.59 Å².